The van der Waals surface area contributed by atoms with Crippen LogP contribution >= 0.6 is 0 Å². The van der Waals surface area contributed by atoms with Gasteiger partial charge in [0.15, 0.2) is 0 Å². The first-order valence-corrected chi connectivity index (χ1v) is 8.95. The van der Waals surface area contributed by atoms with E-state index in [1.54, 1.807) is 16.9 Å². The predicted octanol–water partition coefficient (Wildman–Crippen LogP) is 1.92. The van der Waals surface area contributed by atoms with Crippen LogP contribution in [0.1, 0.15) is 55.0 Å². The number of aromatic nitrogens is 5. The van der Waals surface area contributed by atoms with Crippen molar-refractivity contribution in [1.82, 2.24) is 29.4 Å². The number of carbonyl (C=O) groups excluding carboxylic acids is 1. The second-order valence-electron chi connectivity index (χ2n) is 6.91. The van der Waals surface area contributed by atoms with E-state index in [2.05, 4.69) is 19.9 Å². The van der Waals surface area contributed by atoms with E-state index >= 15 is 0 Å². The van der Waals surface area contributed by atoms with E-state index in [1.165, 1.54) is 25.7 Å². The smallest absolute Gasteiger partial charge is 0.272 e. The molecule has 2 aliphatic rings. The van der Waals surface area contributed by atoms with Gasteiger partial charge in [0.2, 0.25) is 0 Å². The number of likely N-dealkylation sites (tertiary alicyclic amines) is 1. The molecule has 0 radical (unpaired) electrons. The summed E-state index contributed by atoms with van der Waals surface area (Å²) >= 11 is 0. The van der Waals surface area contributed by atoms with Gasteiger partial charge in [-0.25, -0.2) is 0 Å². The first-order valence-electron chi connectivity index (χ1n) is 8.95. The number of amides is 1. The highest BCUT2D eigenvalue weighted by molar-refractivity contribution is 5.93. The minimum Gasteiger partial charge on any atom is -0.337 e. The number of carbonyl (C=O) groups is 1. The van der Waals surface area contributed by atoms with Crippen molar-refractivity contribution in [2.45, 2.75) is 51.6 Å². The molecule has 4 rings (SSSR count). The fraction of sp³-hybridized carbons (Fsp3) is 0.647. The topological polar surface area (TPSA) is 68.8 Å². The Kier molecular flexibility index (Phi) is 4.08. The highest BCUT2D eigenvalue weighted by atomic mass is 16.2. The van der Waals surface area contributed by atoms with Gasteiger partial charge >= 0.3 is 0 Å². The second kappa shape index (κ2) is 6.37. The lowest BCUT2D eigenvalue weighted by Crippen LogP contribution is -2.51. The molecule has 0 unspecified atom stereocenters. The Morgan fingerprint density at radius 3 is 2.83 bits per heavy atom. The third-order valence-corrected chi connectivity index (χ3v) is 5.32. The van der Waals surface area contributed by atoms with Crippen molar-refractivity contribution in [3.63, 3.8) is 0 Å². The summed E-state index contributed by atoms with van der Waals surface area (Å²) in [5.74, 6) is 1.65. The molecule has 2 aromatic rings. The van der Waals surface area contributed by atoms with Gasteiger partial charge in [-0.15, -0.1) is 10.2 Å². The van der Waals surface area contributed by atoms with Crippen molar-refractivity contribution in [1.29, 1.82) is 0 Å². The number of nitrogens with zero attached hydrogens (tertiary/aromatic N) is 6. The molecule has 1 amide bonds. The van der Waals surface area contributed by atoms with E-state index in [0.29, 0.717) is 17.7 Å². The molecule has 0 aromatic carbocycles. The molecule has 7 nitrogen and oxygen atoms in total. The average Bonchev–Trinajstić information content (AvgIpc) is 3.30. The van der Waals surface area contributed by atoms with Crippen molar-refractivity contribution in [3.05, 3.63) is 30.1 Å². The maximum Gasteiger partial charge on any atom is 0.272 e. The summed E-state index contributed by atoms with van der Waals surface area (Å²) in [7, 11) is 0. The number of aryl methyl sites for hydroxylation is 1. The van der Waals surface area contributed by atoms with Gasteiger partial charge in [-0.3, -0.25) is 9.48 Å². The van der Waals surface area contributed by atoms with E-state index in [-0.39, 0.29) is 5.91 Å². The van der Waals surface area contributed by atoms with Crippen LogP contribution in [0.4, 0.5) is 0 Å². The van der Waals surface area contributed by atoms with Crippen LogP contribution in [0.3, 0.4) is 0 Å². The largest absolute Gasteiger partial charge is 0.337 e. The quantitative estimate of drug-likeness (QED) is 0.841. The van der Waals surface area contributed by atoms with Crippen molar-refractivity contribution in [2.24, 2.45) is 5.92 Å². The fourth-order valence-electron chi connectivity index (χ4n) is 3.95. The van der Waals surface area contributed by atoms with Crippen LogP contribution in [-0.4, -0.2) is 48.4 Å². The summed E-state index contributed by atoms with van der Waals surface area (Å²) in [6.45, 7) is 4.31. The van der Waals surface area contributed by atoms with Crippen molar-refractivity contribution < 1.29 is 4.79 Å². The molecule has 24 heavy (non-hydrogen) atoms. The SMILES string of the molecule is CCn1nccc1C(=O)N1CC(Cc2nncn2C2CCCC2)C1. The number of hydrogen-bond acceptors (Lipinski definition) is 4. The lowest BCUT2D eigenvalue weighted by atomic mass is 9.95. The van der Waals surface area contributed by atoms with E-state index in [9.17, 15) is 4.79 Å². The van der Waals surface area contributed by atoms with Gasteiger partial charge in [-0.05, 0) is 25.8 Å². The molecule has 128 valence electrons. The second-order valence-corrected chi connectivity index (χ2v) is 6.91. The average molecular weight is 328 g/mol. The molecule has 1 saturated carbocycles. The Bertz CT molecular complexity index is 708. The standard InChI is InChI=1S/C17H24N6O/c1-2-23-15(7-8-19-23)17(24)21-10-13(11-21)9-16-20-18-12-22(16)14-5-3-4-6-14/h7-8,12-14H,2-6,9-11H2,1H3. The summed E-state index contributed by atoms with van der Waals surface area (Å²) in [5, 5.41) is 12.6. The Morgan fingerprint density at radius 1 is 1.29 bits per heavy atom. The van der Waals surface area contributed by atoms with Gasteiger partial charge in [0.05, 0.1) is 0 Å². The van der Waals surface area contributed by atoms with Crippen molar-refractivity contribution in [3.8, 4) is 0 Å². The van der Waals surface area contributed by atoms with Gasteiger partial charge in [-0.2, -0.15) is 5.10 Å². The Balaban J connectivity index is 1.35. The highest BCUT2D eigenvalue weighted by Crippen LogP contribution is 2.31. The zero-order valence-electron chi connectivity index (χ0n) is 14.1. The molecule has 2 fully saturated rings. The van der Waals surface area contributed by atoms with Gasteiger partial charge < -0.3 is 9.47 Å². The molecule has 0 atom stereocenters. The Labute approximate surface area is 141 Å². The molecular formula is C17H24N6O. The normalized spacial score (nSPS) is 19.0. The molecule has 7 heteroatoms. The summed E-state index contributed by atoms with van der Waals surface area (Å²) < 4.78 is 4.02. The molecule has 0 spiro atoms. The molecule has 1 saturated heterocycles. The van der Waals surface area contributed by atoms with Crippen LogP contribution < -0.4 is 0 Å². The minimum absolute atomic E-state index is 0.0860. The van der Waals surface area contributed by atoms with E-state index in [4.69, 9.17) is 0 Å². The molecule has 3 heterocycles. The van der Waals surface area contributed by atoms with E-state index < -0.39 is 0 Å². The third-order valence-electron chi connectivity index (χ3n) is 5.32. The van der Waals surface area contributed by atoms with Crippen LogP contribution in [0.25, 0.3) is 0 Å². The van der Waals surface area contributed by atoms with Crippen LogP contribution in [0, 0.1) is 5.92 Å². The third kappa shape index (κ3) is 2.72. The zero-order valence-corrected chi connectivity index (χ0v) is 14.1. The monoisotopic (exact) mass is 328 g/mol. The molecular weight excluding hydrogens is 304 g/mol. The number of rotatable bonds is 5. The van der Waals surface area contributed by atoms with Crippen molar-refractivity contribution >= 4 is 5.91 Å². The fourth-order valence-corrected chi connectivity index (χ4v) is 3.95. The first kappa shape index (κ1) is 15.4. The van der Waals surface area contributed by atoms with Gasteiger partial charge in [0.25, 0.3) is 5.91 Å². The van der Waals surface area contributed by atoms with Crippen LogP contribution in [0.2, 0.25) is 0 Å². The molecule has 1 aliphatic carbocycles. The van der Waals surface area contributed by atoms with E-state index in [0.717, 1.165) is 31.9 Å². The highest BCUT2D eigenvalue weighted by Gasteiger charge is 2.34. The van der Waals surface area contributed by atoms with Gasteiger partial charge in [-0.1, -0.05) is 12.8 Å². The van der Waals surface area contributed by atoms with Gasteiger partial charge in [0, 0.05) is 44.2 Å². The predicted molar refractivity (Wildman–Crippen MR) is 88.5 cm³/mol. The van der Waals surface area contributed by atoms with Gasteiger partial charge in [0.1, 0.15) is 17.8 Å². The molecule has 0 bridgehead atoms. The maximum atomic E-state index is 12.5. The number of hydrogen-bond donors (Lipinski definition) is 0. The van der Waals surface area contributed by atoms with Crippen LogP contribution in [0.5, 0.6) is 0 Å². The Hall–Kier alpha value is -2.18. The first-order chi connectivity index (χ1) is 11.8. The molecule has 2 aromatic heterocycles. The zero-order chi connectivity index (χ0) is 16.5. The van der Waals surface area contributed by atoms with E-state index in [1.807, 2.05) is 18.2 Å². The lowest BCUT2D eigenvalue weighted by Gasteiger charge is -2.39. The summed E-state index contributed by atoms with van der Waals surface area (Å²) in [5.41, 5.74) is 0.685. The molecule has 0 N–H and O–H groups in total. The maximum absolute atomic E-state index is 12.5. The van der Waals surface area contributed by atoms with Crippen LogP contribution in [-0.2, 0) is 13.0 Å². The summed E-state index contributed by atoms with van der Waals surface area (Å²) in [6.07, 6.45) is 9.57. The minimum atomic E-state index is 0.0860. The summed E-state index contributed by atoms with van der Waals surface area (Å²) in [4.78, 5) is 14.4. The lowest BCUT2D eigenvalue weighted by molar-refractivity contribution is 0.0483. The van der Waals surface area contributed by atoms with Crippen molar-refractivity contribution in [2.75, 3.05) is 13.1 Å². The molecule has 1 aliphatic heterocycles. The summed E-state index contributed by atoms with van der Waals surface area (Å²) in [6, 6.07) is 2.38. The van der Waals surface area contributed by atoms with Crippen LogP contribution in [0.15, 0.2) is 18.6 Å². The Morgan fingerprint density at radius 2 is 2.08 bits per heavy atom.